The third-order valence-corrected chi connectivity index (χ3v) is 5.24. The second-order valence-electron chi connectivity index (χ2n) is 4.94. The maximum Gasteiger partial charge on any atom is 0.0552 e. The molecule has 0 atom stereocenters. The Morgan fingerprint density at radius 1 is 0.800 bits per heavy atom. The smallest absolute Gasteiger partial charge is 0.0552 e. The van der Waals surface area contributed by atoms with Crippen molar-refractivity contribution in [2.45, 2.75) is 29.1 Å². The van der Waals surface area contributed by atoms with E-state index in [0.29, 0.717) is 0 Å². The maximum absolute atomic E-state index is 3.51. The van der Waals surface area contributed by atoms with Crippen molar-refractivity contribution < 1.29 is 0 Å². The van der Waals surface area contributed by atoms with Crippen LogP contribution < -0.4 is 4.90 Å². The fourth-order valence-electron chi connectivity index (χ4n) is 2.56. The van der Waals surface area contributed by atoms with E-state index in [0.717, 1.165) is 11.9 Å². The number of hydrogen-bond donors (Lipinski definition) is 0. The molecule has 1 heterocycles. The molecule has 104 valence electrons. The molecule has 0 radical (unpaired) electrons. The minimum Gasteiger partial charge on any atom is -0.340 e. The van der Waals surface area contributed by atoms with E-state index in [-0.39, 0.29) is 0 Å². The highest BCUT2D eigenvalue weighted by Gasteiger charge is 2.21. The predicted octanol–water partition coefficient (Wildman–Crippen LogP) is 5.85. The van der Waals surface area contributed by atoms with E-state index in [9.17, 15) is 0 Å². The second kappa shape index (κ2) is 6.68. The van der Waals surface area contributed by atoms with Crippen LogP contribution in [0, 0.1) is 0 Å². The molecule has 0 saturated carbocycles. The lowest BCUT2D eigenvalue weighted by Gasteiger charge is -2.32. The number of anilines is 2. The molecule has 0 unspecified atom stereocenters. The third kappa shape index (κ3) is 2.89. The highest BCUT2D eigenvalue weighted by Crippen LogP contribution is 2.47. The lowest BCUT2D eigenvalue weighted by Crippen LogP contribution is -2.21. The Morgan fingerprint density at radius 3 is 2.00 bits per heavy atom. The number of alkyl halides is 1. The summed E-state index contributed by atoms with van der Waals surface area (Å²) in [6.07, 6.45) is 3.77. The molecule has 20 heavy (non-hydrogen) atoms. The number of fused-ring (bicyclic) bond motifs is 2. The number of hydrogen-bond acceptors (Lipinski definition) is 2. The molecule has 0 amide bonds. The summed E-state index contributed by atoms with van der Waals surface area (Å²) in [5, 5.41) is 1.11. The van der Waals surface area contributed by atoms with Crippen molar-refractivity contribution in [1.29, 1.82) is 0 Å². The van der Waals surface area contributed by atoms with Crippen LogP contribution in [0.2, 0.25) is 0 Å². The minimum absolute atomic E-state index is 1.10. The van der Waals surface area contributed by atoms with Crippen molar-refractivity contribution >= 4 is 39.1 Å². The first kappa shape index (κ1) is 14.0. The quantitative estimate of drug-likeness (QED) is 0.492. The molecule has 1 aliphatic rings. The molecule has 3 rings (SSSR count). The van der Waals surface area contributed by atoms with Crippen molar-refractivity contribution in [1.82, 2.24) is 0 Å². The average molecular weight is 348 g/mol. The molecule has 0 bridgehead atoms. The zero-order chi connectivity index (χ0) is 13.8. The van der Waals surface area contributed by atoms with Crippen LogP contribution >= 0.6 is 27.7 Å². The van der Waals surface area contributed by atoms with E-state index in [1.807, 2.05) is 11.8 Å². The van der Waals surface area contributed by atoms with Crippen molar-refractivity contribution in [2.24, 2.45) is 0 Å². The summed E-state index contributed by atoms with van der Waals surface area (Å²) < 4.78 is 0. The maximum atomic E-state index is 3.51. The lowest BCUT2D eigenvalue weighted by atomic mass is 10.2. The standard InChI is InChI=1S/C17H18BrNS/c18-12-6-1-7-13-19-14-8-2-4-10-16(14)20-17-11-5-3-9-15(17)19/h2-5,8-11H,1,6-7,12-13H2. The van der Waals surface area contributed by atoms with Crippen LogP contribution in [0.25, 0.3) is 0 Å². The van der Waals surface area contributed by atoms with Gasteiger partial charge in [-0.25, -0.2) is 0 Å². The molecule has 0 fully saturated rings. The van der Waals surface area contributed by atoms with E-state index in [1.165, 1.54) is 40.4 Å². The number of unbranched alkanes of at least 4 members (excludes halogenated alkanes) is 2. The molecule has 2 aromatic carbocycles. The first-order valence-electron chi connectivity index (χ1n) is 7.09. The van der Waals surface area contributed by atoms with Crippen LogP contribution in [-0.4, -0.2) is 11.9 Å². The summed E-state index contributed by atoms with van der Waals surface area (Å²) in [6, 6.07) is 17.5. The average Bonchev–Trinajstić information content (AvgIpc) is 2.50. The Labute approximate surface area is 133 Å². The topological polar surface area (TPSA) is 3.24 Å². The van der Waals surface area contributed by atoms with E-state index in [2.05, 4.69) is 69.4 Å². The van der Waals surface area contributed by atoms with Gasteiger partial charge in [0, 0.05) is 21.7 Å². The third-order valence-electron chi connectivity index (χ3n) is 3.55. The van der Waals surface area contributed by atoms with Crippen LogP contribution in [0.4, 0.5) is 11.4 Å². The van der Waals surface area contributed by atoms with Crippen molar-refractivity contribution in [2.75, 3.05) is 16.8 Å². The molecule has 0 aliphatic carbocycles. The largest absolute Gasteiger partial charge is 0.340 e. The molecule has 0 N–H and O–H groups in total. The van der Waals surface area contributed by atoms with E-state index in [4.69, 9.17) is 0 Å². The van der Waals surface area contributed by atoms with Crippen LogP contribution in [-0.2, 0) is 0 Å². The SMILES string of the molecule is BrCCCCCN1c2ccccc2Sc2ccccc21. The molecule has 1 aliphatic heterocycles. The van der Waals surface area contributed by atoms with Crippen LogP contribution in [0.5, 0.6) is 0 Å². The van der Waals surface area contributed by atoms with Gasteiger partial charge in [-0.05, 0) is 37.1 Å². The van der Waals surface area contributed by atoms with Crippen molar-refractivity contribution in [3.63, 3.8) is 0 Å². The van der Waals surface area contributed by atoms with Gasteiger partial charge >= 0.3 is 0 Å². The van der Waals surface area contributed by atoms with Gasteiger partial charge in [0.15, 0.2) is 0 Å². The minimum atomic E-state index is 1.10. The van der Waals surface area contributed by atoms with Gasteiger partial charge in [0.25, 0.3) is 0 Å². The number of para-hydroxylation sites is 2. The van der Waals surface area contributed by atoms with E-state index in [1.54, 1.807) is 0 Å². The van der Waals surface area contributed by atoms with Gasteiger partial charge in [0.05, 0.1) is 11.4 Å². The molecular weight excluding hydrogens is 330 g/mol. The highest BCUT2D eigenvalue weighted by molar-refractivity contribution is 9.09. The first-order chi connectivity index (χ1) is 9.90. The summed E-state index contributed by atoms with van der Waals surface area (Å²) in [6.45, 7) is 1.10. The van der Waals surface area contributed by atoms with Gasteiger partial charge in [0.2, 0.25) is 0 Å². The normalized spacial score (nSPS) is 12.9. The number of benzene rings is 2. The molecule has 1 nitrogen and oxygen atoms in total. The summed E-state index contributed by atoms with van der Waals surface area (Å²) in [5.74, 6) is 0. The Morgan fingerprint density at radius 2 is 1.40 bits per heavy atom. The van der Waals surface area contributed by atoms with Gasteiger partial charge in [0.1, 0.15) is 0 Å². The highest BCUT2D eigenvalue weighted by atomic mass is 79.9. The van der Waals surface area contributed by atoms with Crippen LogP contribution in [0.15, 0.2) is 58.3 Å². The van der Waals surface area contributed by atoms with Gasteiger partial charge in [-0.15, -0.1) is 0 Å². The first-order valence-corrected chi connectivity index (χ1v) is 9.03. The molecule has 3 heteroatoms. The Kier molecular flexibility index (Phi) is 4.69. The van der Waals surface area contributed by atoms with Crippen LogP contribution in [0.3, 0.4) is 0 Å². The second-order valence-corrected chi connectivity index (χ2v) is 6.82. The Bertz CT molecular complexity index is 539. The molecular formula is C17H18BrNS. The van der Waals surface area contributed by atoms with Gasteiger partial charge in [-0.2, -0.15) is 0 Å². The summed E-state index contributed by atoms with van der Waals surface area (Å²) >= 11 is 5.39. The van der Waals surface area contributed by atoms with E-state index < -0.39 is 0 Å². The summed E-state index contributed by atoms with van der Waals surface area (Å²) in [7, 11) is 0. The summed E-state index contributed by atoms with van der Waals surface area (Å²) in [4.78, 5) is 5.22. The number of rotatable bonds is 5. The fraction of sp³-hybridized carbons (Fsp3) is 0.294. The zero-order valence-corrected chi connectivity index (χ0v) is 13.8. The Hall–Kier alpha value is -0.930. The predicted molar refractivity (Wildman–Crippen MR) is 91.7 cm³/mol. The molecule has 2 aromatic rings. The number of nitrogens with zero attached hydrogens (tertiary/aromatic N) is 1. The van der Waals surface area contributed by atoms with Crippen molar-refractivity contribution in [3.8, 4) is 0 Å². The van der Waals surface area contributed by atoms with Crippen LogP contribution in [0.1, 0.15) is 19.3 Å². The Balaban J connectivity index is 1.87. The number of halogens is 1. The molecule has 0 spiro atoms. The molecule has 0 aromatic heterocycles. The van der Waals surface area contributed by atoms with Gasteiger partial charge in [-0.3, -0.25) is 0 Å². The van der Waals surface area contributed by atoms with E-state index >= 15 is 0 Å². The van der Waals surface area contributed by atoms with Crippen molar-refractivity contribution in [3.05, 3.63) is 48.5 Å². The fourth-order valence-corrected chi connectivity index (χ4v) is 4.06. The lowest BCUT2D eigenvalue weighted by molar-refractivity contribution is 0.718. The summed E-state index contributed by atoms with van der Waals surface area (Å²) in [5.41, 5.74) is 2.71. The van der Waals surface area contributed by atoms with Gasteiger partial charge in [-0.1, -0.05) is 58.4 Å². The van der Waals surface area contributed by atoms with Gasteiger partial charge < -0.3 is 4.90 Å². The molecule has 0 saturated heterocycles. The monoisotopic (exact) mass is 347 g/mol. The zero-order valence-electron chi connectivity index (χ0n) is 11.4.